The molecule has 0 aliphatic heterocycles. The molecule has 0 fully saturated rings. The van der Waals surface area contributed by atoms with Crippen LogP contribution in [0.5, 0.6) is 5.75 Å². The highest BCUT2D eigenvalue weighted by Crippen LogP contribution is 2.25. The SMILES string of the molecule is CCC(CC)(NC(=O)Nc1cc(C)ccc1OC)C(=O)O. The third-order valence-electron chi connectivity index (χ3n) is 3.57. The number of anilines is 1. The summed E-state index contributed by atoms with van der Waals surface area (Å²) in [6.07, 6.45) is 0.606. The Morgan fingerprint density at radius 1 is 1.29 bits per heavy atom. The van der Waals surface area contributed by atoms with E-state index in [1.165, 1.54) is 7.11 Å². The van der Waals surface area contributed by atoms with Crippen LogP contribution >= 0.6 is 0 Å². The molecule has 116 valence electrons. The second kappa shape index (κ2) is 6.97. The number of amides is 2. The predicted molar refractivity (Wildman–Crippen MR) is 80.8 cm³/mol. The number of hydrogen-bond acceptors (Lipinski definition) is 3. The molecule has 6 heteroatoms. The number of carboxylic acids is 1. The topological polar surface area (TPSA) is 87.7 Å². The van der Waals surface area contributed by atoms with Crippen LogP contribution in [0.1, 0.15) is 32.3 Å². The van der Waals surface area contributed by atoms with E-state index in [0.717, 1.165) is 5.56 Å². The molecule has 0 aliphatic carbocycles. The van der Waals surface area contributed by atoms with Crippen molar-refractivity contribution >= 4 is 17.7 Å². The Morgan fingerprint density at radius 2 is 1.90 bits per heavy atom. The lowest BCUT2D eigenvalue weighted by Crippen LogP contribution is -2.55. The molecule has 0 spiro atoms. The van der Waals surface area contributed by atoms with Gasteiger partial charge in [0.05, 0.1) is 12.8 Å². The number of benzene rings is 1. The number of carbonyl (C=O) groups excluding carboxylic acids is 1. The summed E-state index contributed by atoms with van der Waals surface area (Å²) in [4.78, 5) is 23.5. The molecule has 0 radical (unpaired) electrons. The van der Waals surface area contributed by atoms with Crippen molar-refractivity contribution in [1.82, 2.24) is 5.32 Å². The van der Waals surface area contributed by atoms with E-state index in [1.54, 1.807) is 26.0 Å². The Labute approximate surface area is 124 Å². The van der Waals surface area contributed by atoms with E-state index in [0.29, 0.717) is 24.3 Å². The van der Waals surface area contributed by atoms with Crippen molar-refractivity contribution in [1.29, 1.82) is 0 Å². The van der Waals surface area contributed by atoms with Crippen molar-refractivity contribution in [3.05, 3.63) is 23.8 Å². The summed E-state index contributed by atoms with van der Waals surface area (Å²) in [5.41, 5.74) is 0.198. The quantitative estimate of drug-likeness (QED) is 0.752. The number of rotatable bonds is 6. The number of urea groups is 1. The van der Waals surface area contributed by atoms with Gasteiger partial charge in [-0.15, -0.1) is 0 Å². The standard InChI is InChI=1S/C15H22N2O4/c1-5-15(6-2,13(18)19)17-14(20)16-11-9-10(3)7-8-12(11)21-4/h7-9H,5-6H2,1-4H3,(H,18,19)(H2,16,17,20). The third-order valence-corrected chi connectivity index (χ3v) is 3.57. The number of aliphatic carboxylic acids is 1. The van der Waals surface area contributed by atoms with E-state index in [9.17, 15) is 14.7 Å². The van der Waals surface area contributed by atoms with Crippen molar-refractivity contribution in [2.45, 2.75) is 39.2 Å². The van der Waals surface area contributed by atoms with Gasteiger partial charge in [-0.05, 0) is 37.5 Å². The zero-order valence-corrected chi connectivity index (χ0v) is 12.8. The fourth-order valence-corrected chi connectivity index (χ4v) is 2.07. The van der Waals surface area contributed by atoms with Crippen LogP contribution in [0.2, 0.25) is 0 Å². The van der Waals surface area contributed by atoms with Gasteiger partial charge in [-0.3, -0.25) is 0 Å². The summed E-state index contributed by atoms with van der Waals surface area (Å²) in [5.74, 6) is -0.525. The van der Waals surface area contributed by atoms with E-state index in [-0.39, 0.29) is 0 Å². The van der Waals surface area contributed by atoms with Crippen LogP contribution in [0.3, 0.4) is 0 Å². The van der Waals surface area contributed by atoms with Gasteiger partial charge in [0.25, 0.3) is 0 Å². The van der Waals surface area contributed by atoms with Crippen molar-refractivity contribution in [3.8, 4) is 5.75 Å². The van der Waals surface area contributed by atoms with E-state index in [1.807, 2.05) is 13.0 Å². The fraction of sp³-hybridized carbons (Fsp3) is 0.467. The van der Waals surface area contributed by atoms with Crippen LogP contribution in [-0.4, -0.2) is 29.8 Å². The zero-order chi connectivity index (χ0) is 16.0. The summed E-state index contributed by atoms with van der Waals surface area (Å²) in [6.45, 7) is 5.35. The number of methoxy groups -OCH3 is 1. The number of hydrogen-bond donors (Lipinski definition) is 3. The maximum atomic E-state index is 12.1. The maximum absolute atomic E-state index is 12.1. The molecule has 0 atom stereocenters. The summed E-state index contributed by atoms with van der Waals surface area (Å²) < 4.78 is 5.17. The van der Waals surface area contributed by atoms with Crippen molar-refractivity contribution in [2.24, 2.45) is 0 Å². The maximum Gasteiger partial charge on any atom is 0.329 e. The Morgan fingerprint density at radius 3 is 2.38 bits per heavy atom. The highest BCUT2D eigenvalue weighted by atomic mass is 16.5. The molecule has 2 amide bonds. The van der Waals surface area contributed by atoms with E-state index in [4.69, 9.17) is 4.74 Å². The smallest absolute Gasteiger partial charge is 0.329 e. The minimum atomic E-state index is -1.26. The molecule has 0 saturated heterocycles. The lowest BCUT2D eigenvalue weighted by atomic mass is 9.93. The second-order valence-corrected chi connectivity index (χ2v) is 4.88. The molecule has 0 aromatic heterocycles. The minimum absolute atomic E-state index is 0.303. The molecule has 21 heavy (non-hydrogen) atoms. The number of nitrogens with one attached hydrogen (secondary N) is 2. The van der Waals surface area contributed by atoms with Crippen molar-refractivity contribution in [3.63, 3.8) is 0 Å². The van der Waals surface area contributed by atoms with Crippen LogP contribution in [0.25, 0.3) is 0 Å². The average Bonchev–Trinajstić information content (AvgIpc) is 2.44. The molecule has 1 rings (SSSR count). The van der Waals surface area contributed by atoms with Crippen molar-refractivity contribution < 1.29 is 19.4 Å². The third kappa shape index (κ3) is 3.87. The number of carbonyl (C=O) groups is 2. The largest absolute Gasteiger partial charge is 0.495 e. The molecule has 3 N–H and O–H groups in total. The van der Waals surface area contributed by atoms with Crippen LogP contribution < -0.4 is 15.4 Å². The summed E-state index contributed by atoms with van der Waals surface area (Å²) in [7, 11) is 1.51. The molecule has 0 aliphatic rings. The molecule has 0 bridgehead atoms. The fourth-order valence-electron chi connectivity index (χ4n) is 2.07. The highest BCUT2D eigenvalue weighted by Gasteiger charge is 2.36. The monoisotopic (exact) mass is 294 g/mol. The Bertz CT molecular complexity index is 524. The second-order valence-electron chi connectivity index (χ2n) is 4.88. The van der Waals surface area contributed by atoms with E-state index >= 15 is 0 Å². The first-order chi connectivity index (χ1) is 9.88. The molecular weight excluding hydrogens is 272 g/mol. The average molecular weight is 294 g/mol. The van der Waals surface area contributed by atoms with Gasteiger partial charge in [0, 0.05) is 0 Å². The van der Waals surface area contributed by atoms with Crippen LogP contribution in [-0.2, 0) is 4.79 Å². The number of carboxylic acid groups (broad SMARTS) is 1. The van der Waals surface area contributed by atoms with E-state index in [2.05, 4.69) is 10.6 Å². The zero-order valence-electron chi connectivity index (χ0n) is 12.8. The first-order valence-electron chi connectivity index (χ1n) is 6.85. The van der Waals surface area contributed by atoms with Crippen LogP contribution in [0, 0.1) is 6.92 Å². The lowest BCUT2D eigenvalue weighted by Gasteiger charge is -2.28. The minimum Gasteiger partial charge on any atom is -0.495 e. The van der Waals surface area contributed by atoms with E-state index < -0.39 is 17.5 Å². The summed E-state index contributed by atoms with van der Waals surface area (Å²) in [5, 5.41) is 14.5. The van der Waals surface area contributed by atoms with Crippen LogP contribution in [0.4, 0.5) is 10.5 Å². The number of ether oxygens (including phenoxy) is 1. The van der Waals surface area contributed by atoms with Crippen LogP contribution in [0.15, 0.2) is 18.2 Å². The molecule has 0 saturated carbocycles. The molecule has 0 heterocycles. The Hall–Kier alpha value is -2.24. The number of aryl methyl sites for hydroxylation is 1. The van der Waals surface area contributed by atoms with Crippen molar-refractivity contribution in [2.75, 3.05) is 12.4 Å². The van der Waals surface area contributed by atoms with Gasteiger partial charge in [0.1, 0.15) is 11.3 Å². The van der Waals surface area contributed by atoms with Gasteiger partial charge in [0.2, 0.25) is 0 Å². The molecule has 1 aromatic carbocycles. The highest BCUT2D eigenvalue weighted by molar-refractivity contribution is 5.95. The normalized spacial score (nSPS) is 10.9. The van der Waals surface area contributed by atoms with Gasteiger partial charge in [-0.25, -0.2) is 9.59 Å². The molecular formula is C15H22N2O4. The van der Waals surface area contributed by atoms with Gasteiger partial charge in [-0.2, -0.15) is 0 Å². The van der Waals surface area contributed by atoms with Gasteiger partial charge in [-0.1, -0.05) is 19.9 Å². The first-order valence-corrected chi connectivity index (χ1v) is 6.85. The Balaban J connectivity index is 2.91. The molecule has 1 aromatic rings. The molecule has 6 nitrogen and oxygen atoms in total. The summed E-state index contributed by atoms with van der Waals surface area (Å²) in [6, 6.07) is 4.81. The van der Waals surface area contributed by atoms with Gasteiger partial charge in [0.15, 0.2) is 0 Å². The van der Waals surface area contributed by atoms with Gasteiger partial charge < -0.3 is 20.5 Å². The lowest BCUT2D eigenvalue weighted by molar-refractivity contribution is -0.144. The molecule has 0 unspecified atom stereocenters. The van der Waals surface area contributed by atoms with Gasteiger partial charge >= 0.3 is 12.0 Å². The Kier molecular flexibility index (Phi) is 5.58. The first kappa shape index (κ1) is 16.8. The summed E-state index contributed by atoms with van der Waals surface area (Å²) >= 11 is 0. The predicted octanol–water partition coefficient (Wildman–Crippen LogP) is 2.77.